The van der Waals surface area contributed by atoms with Crippen molar-refractivity contribution in [2.45, 2.75) is 18.9 Å². The van der Waals surface area contributed by atoms with Gasteiger partial charge in [-0.05, 0) is 52.9 Å². The zero-order chi connectivity index (χ0) is 14.0. The van der Waals surface area contributed by atoms with Crippen LogP contribution in [-0.4, -0.2) is 42.7 Å². The number of aliphatic hydroxyl groups excluding tert-OH is 1. The summed E-state index contributed by atoms with van der Waals surface area (Å²) < 4.78 is 5.86. The third-order valence-corrected chi connectivity index (χ3v) is 4.07. The van der Waals surface area contributed by atoms with Crippen LogP contribution in [0.1, 0.15) is 23.2 Å². The Labute approximate surface area is 121 Å². The lowest BCUT2D eigenvalue weighted by Crippen LogP contribution is -2.35. The van der Waals surface area contributed by atoms with E-state index in [9.17, 15) is 9.90 Å². The van der Waals surface area contributed by atoms with E-state index >= 15 is 0 Å². The van der Waals surface area contributed by atoms with E-state index in [0.717, 1.165) is 17.3 Å². The summed E-state index contributed by atoms with van der Waals surface area (Å²) in [5.74, 6) is 0.886. The molecule has 1 atom stereocenters. The van der Waals surface area contributed by atoms with Gasteiger partial charge in [0.05, 0.1) is 18.8 Å². The lowest BCUT2D eigenvalue weighted by atomic mass is 10.1. The number of carbonyl (C=O) groups is 1. The zero-order valence-corrected chi connectivity index (χ0v) is 12.7. The monoisotopic (exact) mass is 327 g/mol. The number of rotatable bonds is 5. The molecule has 0 aromatic heterocycles. The molecular formula is C14H18BrNO3. The van der Waals surface area contributed by atoms with Gasteiger partial charge in [0, 0.05) is 18.1 Å². The molecule has 1 aliphatic carbocycles. The molecule has 0 heterocycles. The van der Waals surface area contributed by atoms with Crippen molar-refractivity contribution in [2.24, 2.45) is 5.92 Å². The molecule has 1 saturated carbocycles. The van der Waals surface area contributed by atoms with E-state index in [1.54, 1.807) is 37.3 Å². The SMILES string of the molecule is COc1ccc(Br)c(C(=O)N(C)CC(O)C2CC2)c1. The van der Waals surface area contributed by atoms with Crippen LogP contribution in [0.4, 0.5) is 0 Å². The minimum Gasteiger partial charge on any atom is -0.497 e. The Morgan fingerprint density at radius 1 is 1.58 bits per heavy atom. The number of nitrogens with zero attached hydrogens (tertiary/aromatic N) is 1. The normalized spacial score (nSPS) is 16.0. The van der Waals surface area contributed by atoms with Gasteiger partial charge in [-0.15, -0.1) is 0 Å². The van der Waals surface area contributed by atoms with Gasteiger partial charge in [-0.25, -0.2) is 0 Å². The highest BCUT2D eigenvalue weighted by molar-refractivity contribution is 9.10. The second kappa shape index (κ2) is 5.92. The van der Waals surface area contributed by atoms with Gasteiger partial charge in [0.25, 0.3) is 5.91 Å². The van der Waals surface area contributed by atoms with E-state index in [1.807, 2.05) is 0 Å². The lowest BCUT2D eigenvalue weighted by Gasteiger charge is -2.21. The van der Waals surface area contributed by atoms with Crippen LogP contribution in [0, 0.1) is 5.92 Å². The molecule has 0 spiro atoms. The summed E-state index contributed by atoms with van der Waals surface area (Å²) in [6.45, 7) is 0.368. The van der Waals surface area contributed by atoms with E-state index in [1.165, 1.54) is 0 Å². The first-order valence-corrected chi connectivity index (χ1v) is 7.09. The molecule has 104 valence electrons. The Kier molecular flexibility index (Phi) is 4.47. The average molecular weight is 328 g/mol. The van der Waals surface area contributed by atoms with Crippen molar-refractivity contribution in [1.82, 2.24) is 4.90 Å². The van der Waals surface area contributed by atoms with Gasteiger partial charge in [0.2, 0.25) is 0 Å². The van der Waals surface area contributed by atoms with Gasteiger partial charge >= 0.3 is 0 Å². The Morgan fingerprint density at radius 2 is 2.26 bits per heavy atom. The quantitative estimate of drug-likeness (QED) is 0.902. The van der Waals surface area contributed by atoms with Gasteiger partial charge < -0.3 is 14.7 Å². The number of benzene rings is 1. The molecule has 1 aromatic rings. The third-order valence-electron chi connectivity index (χ3n) is 3.38. The molecule has 0 saturated heterocycles. The Bertz CT molecular complexity index is 474. The van der Waals surface area contributed by atoms with Crippen LogP contribution in [0.5, 0.6) is 5.75 Å². The van der Waals surface area contributed by atoms with Gasteiger partial charge in [-0.1, -0.05) is 0 Å². The van der Waals surface area contributed by atoms with E-state index in [2.05, 4.69) is 15.9 Å². The van der Waals surface area contributed by atoms with Crippen molar-refractivity contribution in [2.75, 3.05) is 20.7 Å². The lowest BCUT2D eigenvalue weighted by molar-refractivity contribution is 0.0644. The molecule has 1 unspecified atom stereocenters. The van der Waals surface area contributed by atoms with Crippen molar-refractivity contribution in [3.05, 3.63) is 28.2 Å². The summed E-state index contributed by atoms with van der Waals surface area (Å²) in [5.41, 5.74) is 0.546. The fourth-order valence-corrected chi connectivity index (χ4v) is 2.41. The van der Waals surface area contributed by atoms with E-state index in [4.69, 9.17) is 4.74 Å². The van der Waals surface area contributed by atoms with Crippen LogP contribution in [0.2, 0.25) is 0 Å². The third kappa shape index (κ3) is 3.48. The second-order valence-corrected chi connectivity index (χ2v) is 5.79. The molecule has 4 nitrogen and oxygen atoms in total. The highest BCUT2D eigenvalue weighted by atomic mass is 79.9. The smallest absolute Gasteiger partial charge is 0.254 e. The molecular weight excluding hydrogens is 310 g/mol. The number of aliphatic hydroxyl groups is 1. The predicted octanol–water partition coefficient (Wildman–Crippen LogP) is 2.30. The summed E-state index contributed by atoms with van der Waals surface area (Å²) in [4.78, 5) is 13.9. The van der Waals surface area contributed by atoms with E-state index in [-0.39, 0.29) is 5.91 Å². The standard InChI is InChI=1S/C14H18BrNO3/c1-16(8-13(17)9-3-4-9)14(18)11-7-10(19-2)5-6-12(11)15/h5-7,9,13,17H,3-4,8H2,1-2H3. The van der Waals surface area contributed by atoms with Gasteiger partial charge in [0.1, 0.15) is 5.75 Å². The Balaban J connectivity index is 2.09. The molecule has 0 radical (unpaired) electrons. The van der Waals surface area contributed by atoms with Crippen LogP contribution < -0.4 is 4.74 Å². The van der Waals surface area contributed by atoms with E-state index < -0.39 is 6.10 Å². The fourth-order valence-electron chi connectivity index (χ4n) is 1.99. The maximum atomic E-state index is 12.3. The number of amides is 1. The summed E-state index contributed by atoms with van der Waals surface area (Å²) in [6.07, 6.45) is 1.70. The topological polar surface area (TPSA) is 49.8 Å². The van der Waals surface area contributed by atoms with Crippen LogP contribution in [-0.2, 0) is 0 Å². The number of likely N-dealkylation sites (N-methyl/N-ethyl adjacent to an activating group) is 1. The molecule has 1 aromatic carbocycles. The molecule has 5 heteroatoms. The summed E-state index contributed by atoms with van der Waals surface area (Å²) in [5, 5.41) is 9.89. The van der Waals surface area contributed by atoms with Crippen LogP contribution in [0.3, 0.4) is 0 Å². The minimum atomic E-state index is -0.418. The van der Waals surface area contributed by atoms with Crippen molar-refractivity contribution in [3.63, 3.8) is 0 Å². The minimum absolute atomic E-state index is 0.120. The van der Waals surface area contributed by atoms with Gasteiger partial charge in [-0.3, -0.25) is 4.79 Å². The van der Waals surface area contributed by atoms with Gasteiger partial charge in [-0.2, -0.15) is 0 Å². The number of halogens is 1. The first-order chi connectivity index (χ1) is 9.02. The molecule has 0 aliphatic heterocycles. The summed E-state index contributed by atoms with van der Waals surface area (Å²) in [7, 11) is 3.28. The number of hydrogen-bond donors (Lipinski definition) is 1. The molecule has 0 bridgehead atoms. The van der Waals surface area contributed by atoms with Gasteiger partial charge in [0.15, 0.2) is 0 Å². The molecule has 1 N–H and O–H groups in total. The van der Waals surface area contributed by atoms with E-state index in [0.29, 0.717) is 23.8 Å². The van der Waals surface area contributed by atoms with Crippen LogP contribution >= 0.6 is 15.9 Å². The fraction of sp³-hybridized carbons (Fsp3) is 0.500. The molecule has 19 heavy (non-hydrogen) atoms. The maximum Gasteiger partial charge on any atom is 0.254 e. The highest BCUT2D eigenvalue weighted by Crippen LogP contribution is 2.33. The Hall–Kier alpha value is -1.07. The zero-order valence-electron chi connectivity index (χ0n) is 11.1. The molecule has 1 amide bonds. The maximum absolute atomic E-state index is 12.3. The van der Waals surface area contributed by atoms with Crippen LogP contribution in [0.25, 0.3) is 0 Å². The number of ether oxygens (including phenoxy) is 1. The van der Waals surface area contributed by atoms with Crippen molar-refractivity contribution in [3.8, 4) is 5.75 Å². The van der Waals surface area contributed by atoms with Crippen LogP contribution in [0.15, 0.2) is 22.7 Å². The first kappa shape index (κ1) is 14.3. The molecule has 1 fully saturated rings. The molecule has 1 aliphatic rings. The summed E-state index contributed by atoms with van der Waals surface area (Å²) in [6, 6.07) is 5.28. The number of hydrogen-bond acceptors (Lipinski definition) is 3. The summed E-state index contributed by atoms with van der Waals surface area (Å²) >= 11 is 3.37. The van der Waals surface area contributed by atoms with Crippen molar-refractivity contribution < 1.29 is 14.6 Å². The number of carbonyl (C=O) groups excluding carboxylic acids is 1. The second-order valence-electron chi connectivity index (χ2n) is 4.94. The Morgan fingerprint density at radius 3 is 2.84 bits per heavy atom. The van der Waals surface area contributed by atoms with Crippen molar-refractivity contribution >= 4 is 21.8 Å². The highest BCUT2D eigenvalue weighted by Gasteiger charge is 2.31. The molecule has 2 rings (SSSR count). The number of methoxy groups -OCH3 is 1. The first-order valence-electron chi connectivity index (χ1n) is 6.30. The average Bonchev–Trinajstić information content (AvgIpc) is 3.22. The largest absolute Gasteiger partial charge is 0.497 e. The van der Waals surface area contributed by atoms with Crippen molar-refractivity contribution in [1.29, 1.82) is 0 Å². The predicted molar refractivity (Wildman–Crippen MR) is 76.4 cm³/mol.